The maximum Gasteiger partial charge on any atom is 0.244 e. The van der Waals surface area contributed by atoms with Gasteiger partial charge in [-0.15, -0.1) is 0 Å². The van der Waals surface area contributed by atoms with E-state index < -0.39 is 12.3 Å². The van der Waals surface area contributed by atoms with Crippen LogP contribution in [-0.2, 0) is 0 Å². The molecule has 1 heterocycles. The molecule has 2 unspecified atom stereocenters. The van der Waals surface area contributed by atoms with Gasteiger partial charge in [0, 0.05) is 25.0 Å². The minimum Gasteiger partial charge on any atom is -0.326 e. The lowest BCUT2D eigenvalue weighted by molar-refractivity contribution is 0.0759. The highest BCUT2D eigenvalue weighted by Crippen LogP contribution is 2.20. The van der Waals surface area contributed by atoms with Crippen molar-refractivity contribution in [1.82, 2.24) is 4.90 Å². The molecule has 0 bridgehead atoms. The number of hydrogen-bond acceptors (Lipinski definition) is 2. The van der Waals surface area contributed by atoms with Gasteiger partial charge in [0.15, 0.2) is 0 Å². The maximum atomic E-state index is 12.1. The lowest BCUT2D eigenvalue weighted by Crippen LogP contribution is -2.33. The van der Waals surface area contributed by atoms with Crippen molar-refractivity contribution in [2.75, 3.05) is 20.1 Å². The van der Waals surface area contributed by atoms with Gasteiger partial charge in [-0.25, -0.2) is 8.78 Å². The van der Waals surface area contributed by atoms with Gasteiger partial charge in [0.2, 0.25) is 6.43 Å². The summed E-state index contributed by atoms with van der Waals surface area (Å²) in [6.45, 7) is 1.02. The standard InChI is InChI=1S/C6H12F2N2/c1-10-2-4(6(7)8)5(9)3-10/h4-6H,2-3,9H2,1H3. The fraction of sp³-hybridized carbons (Fsp3) is 1.00. The summed E-state index contributed by atoms with van der Waals surface area (Å²) in [5.74, 6) is -0.620. The summed E-state index contributed by atoms with van der Waals surface area (Å²) in [4.78, 5) is 1.83. The molecule has 1 saturated heterocycles. The summed E-state index contributed by atoms with van der Waals surface area (Å²) >= 11 is 0. The fourth-order valence-electron chi connectivity index (χ4n) is 1.33. The second kappa shape index (κ2) is 2.80. The first kappa shape index (κ1) is 7.88. The van der Waals surface area contributed by atoms with Crippen molar-refractivity contribution in [3.63, 3.8) is 0 Å². The van der Waals surface area contributed by atoms with E-state index in [1.807, 2.05) is 11.9 Å². The Balaban J connectivity index is 2.46. The van der Waals surface area contributed by atoms with Gasteiger partial charge in [-0.05, 0) is 7.05 Å². The molecule has 2 nitrogen and oxygen atoms in total. The lowest BCUT2D eigenvalue weighted by atomic mass is 10.1. The van der Waals surface area contributed by atoms with Crippen LogP contribution in [0.1, 0.15) is 0 Å². The van der Waals surface area contributed by atoms with E-state index in [0.29, 0.717) is 13.1 Å². The van der Waals surface area contributed by atoms with Crippen LogP contribution in [0.3, 0.4) is 0 Å². The molecule has 0 aromatic carbocycles. The normalized spacial score (nSPS) is 35.7. The monoisotopic (exact) mass is 150 g/mol. The van der Waals surface area contributed by atoms with E-state index in [1.165, 1.54) is 0 Å². The Labute approximate surface area is 59.0 Å². The average molecular weight is 150 g/mol. The molecule has 1 fully saturated rings. The van der Waals surface area contributed by atoms with Crippen molar-refractivity contribution >= 4 is 0 Å². The van der Waals surface area contributed by atoms with Gasteiger partial charge in [0.1, 0.15) is 0 Å². The molecule has 0 saturated carbocycles. The molecular formula is C6H12F2N2. The van der Waals surface area contributed by atoms with Crippen molar-refractivity contribution in [1.29, 1.82) is 0 Å². The van der Waals surface area contributed by atoms with Crippen LogP contribution in [0.2, 0.25) is 0 Å². The summed E-state index contributed by atoms with van der Waals surface area (Å²) < 4.78 is 24.1. The number of likely N-dealkylation sites (tertiary alicyclic amines) is 1. The number of rotatable bonds is 1. The van der Waals surface area contributed by atoms with Crippen LogP contribution in [0.5, 0.6) is 0 Å². The number of nitrogens with zero attached hydrogens (tertiary/aromatic N) is 1. The third-order valence-electron chi connectivity index (χ3n) is 1.92. The van der Waals surface area contributed by atoms with Crippen LogP contribution < -0.4 is 5.73 Å². The zero-order valence-electron chi connectivity index (χ0n) is 5.93. The molecule has 4 heteroatoms. The van der Waals surface area contributed by atoms with E-state index >= 15 is 0 Å². The first-order valence-corrected chi connectivity index (χ1v) is 3.33. The second-order valence-electron chi connectivity index (χ2n) is 2.88. The number of halogens is 2. The van der Waals surface area contributed by atoms with Crippen LogP contribution in [0.15, 0.2) is 0 Å². The Morgan fingerprint density at radius 3 is 2.30 bits per heavy atom. The van der Waals surface area contributed by atoms with Crippen molar-refractivity contribution in [2.24, 2.45) is 11.7 Å². The molecule has 0 radical (unpaired) electrons. The van der Waals surface area contributed by atoms with Crippen LogP contribution in [0.4, 0.5) is 8.78 Å². The zero-order valence-corrected chi connectivity index (χ0v) is 5.93. The molecule has 10 heavy (non-hydrogen) atoms. The third-order valence-corrected chi connectivity index (χ3v) is 1.92. The van der Waals surface area contributed by atoms with E-state index in [-0.39, 0.29) is 6.04 Å². The van der Waals surface area contributed by atoms with Crippen molar-refractivity contribution < 1.29 is 8.78 Å². The largest absolute Gasteiger partial charge is 0.326 e. The Morgan fingerprint density at radius 1 is 1.50 bits per heavy atom. The van der Waals surface area contributed by atoms with Crippen molar-refractivity contribution in [3.8, 4) is 0 Å². The van der Waals surface area contributed by atoms with Crippen LogP contribution in [0.25, 0.3) is 0 Å². The Hall–Kier alpha value is -0.220. The lowest BCUT2D eigenvalue weighted by Gasteiger charge is -2.11. The molecule has 60 valence electrons. The molecular weight excluding hydrogens is 138 g/mol. The zero-order chi connectivity index (χ0) is 7.72. The molecule has 2 atom stereocenters. The summed E-state index contributed by atoms with van der Waals surface area (Å²) in [5, 5.41) is 0. The SMILES string of the molecule is CN1CC(N)C(C(F)F)C1. The van der Waals surface area contributed by atoms with E-state index in [2.05, 4.69) is 0 Å². The predicted molar refractivity (Wildman–Crippen MR) is 35.0 cm³/mol. The highest BCUT2D eigenvalue weighted by atomic mass is 19.3. The number of hydrogen-bond donors (Lipinski definition) is 1. The fourth-order valence-corrected chi connectivity index (χ4v) is 1.33. The third kappa shape index (κ3) is 1.44. The van der Waals surface area contributed by atoms with Gasteiger partial charge in [-0.1, -0.05) is 0 Å². The predicted octanol–water partition coefficient (Wildman–Crippen LogP) is 0.140. The number of nitrogens with two attached hydrogens (primary N) is 1. The molecule has 0 amide bonds. The molecule has 0 aromatic heterocycles. The first-order chi connectivity index (χ1) is 4.61. The quantitative estimate of drug-likeness (QED) is 0.576. The molecule has 2 N–H and O–H groups in total. The second-order valence-corrected chi connectivity index (χ2v) is 2.88. The molecule has 0 spiro atoms. The van der Waals surface area contributed by atoms with Gasteiger partial charge >= 0.3 is 0 Å². The summed E-state index contributed by atoms with van der Waals surface area (Å²) in [7, 11) is 1.81. The number of likely N-dealkylation sites (N-methyl/N-ethyl adjacent to an activating group) is 1. The Kier molecular flexibility index (Phi) is 2.21. The van der Waals surface area contributed by atoms with Gasteiger partial charge < -0.3 is 10.6 Å². The minimum atomic E-state index is -2.26. The minimum absolute atomic E-state index is 0.343. The van der Waals surface area contributed by atoms with Gasteiger partial charge in [-0.2, -0.15) is 0 Å². The van der Waals surface area contributed by atoms with Gasteiger partial charge in [-0.3, -0.25) is 0 Å². The van der Waals surface area contributed by atoms with Gasteiger partial charge in [0.05, 0.1) is 0 Å². The van der Waals surface area contributed by atoms with Gasteiger partial charge in [0.25, 0.3) is 0 Å². The van der Waals surface area contributed by atoms with E-state index in [0.717, 1.165) is 0 Å². The van der Waals surface area contributed by atoms with Crippen molar-refractivity contribution in [3.05, 3.63) is 0 Å². The van der Waals surface area contributed by atoms with Crippen LogP contribution in [0, 0.1) is 5.92 Å². The molecule has 0 aromatic rings. The summed E-state index contributed by atoms with van der Waals surface area (Å²) in [6, 6.07) is -0.343. The van der Waals surface area contributed by atoms with Crippen molar-refractivity contribution in [2.45, 2.75) is 12.5 Å². The van der Waals surface area contributed by atoms with E-state index in [9.17, 15) is 8.78 Å². The molecule has 1 rings (SSSR count). The molecule has 1 aliphatic heterocycles. The van der Waals surface area contributed by atoms with E-state index in [4.69, 9.17) is 5.73 Å². The van der Waals surface area contributed by atoms with E-state index in [1.54, 1.807) is 0 Å². The highest BCUT2D eigenvalue weighted by molar-refractivity contribution is 4.86. The first-order valence-electron chi connectivity index (χ1n) is 3.33. The van der Waals surface area contributed by atoms with Crippen LogP contribution in [-0.4, -0.2) is 37.5 Å². The Morgan fingerprint density at radius 2 is 2.10 bits per heavy atom. The summed E-state index contributed by atoms with van der Waals surface area (Å²) in [6.07, 6.45) is -2.26. The topological polar surface area (TPSA) is 29.3 Å². The maximum absolute atomic E-state index is 12.1. The van der Waals surface area contributed by atoms with Crippen LogP contribution >= 0.6 is 0 Å². The molecule has 0 aliphatic carbocycles. The smallest absolute Gasteiger partial charge is 0.244 e. The number of alkyl halides is 2. The highest BCUT2D eigenvalue weighted by Gasteiger charge is 2.34. The molecule has 1 aliphatic rings. The summed E-state index contributed by atoms with van der Waals surface area (Å²) in [5.41, 5.74) is 5.45. The average Bonchev–Trinajstić information content (AvgIpc) is 2.10. The Bertz CT molecular complexity index is 118.